The highest BCUT2D eigenvalue weighted by molar-refractivity contribution is 8.00. The van der Waals surface area contributed by atoms with E-state index in [1.807, 2.05) is 53.4 Å². The van der Waals surface area contributed by atoms with E-state index in [4.69, 9.17) is 4.74 Å². The second-order valence-electron chi connectivity index (χ2n) is 8.46. The molecule has 1 aliphatic rings. The van der Waals surface area contributed by atoms with Gasteiger partial charge < -0.3 is 9.64 Å². The SMILES string of the molecule is CC(C)(C)c1ccc(Oc2cccc(C3SCC(=O)N3Cc3ccccn3)c2)cc1. The molecule has 1 fully saturated rings. The van der Waals surface area contributed by atoms with Gasteiger partial charge in [0.2, 0.25) is 5.91 Å². The Labute approximate surface area is 182 Å². The molecule has 1 aromatic heterocycles. The lowest BCUT2D eigenvalue weighted by atomic mass is 9.87. The van der Waals surface area contributed by atoms with E-state index in [1.54, 1.807) is 18.0 Å². The van der Waals surface area contributed by atoms with Crippen LogP contribution in [-0.2, 0) is 16.8 Å². The molecule has 1 aliphatic heterocycles. The first-order valence-electron chi connectivity index (χ1n) is 10.1. The van der Waals surface area contributed by atoms with Gasteiger partial charge in [0.05, 0.1) is 18.0 Å². The summed E-state index contributed by atoms with van der Waals surface area (Å²) in [5.74, 6) is 2.20. The summed E-state index contributed by atoms with van der Waals surface area (Å²) in [5.41, 5.74) is 3.34. The van der Waals surface area contributed by atoms with Crippen LogP contribution >= 0.6 is 11.8 Å². The number of thioether (sulfide) groups is 1. The van der Waals surface area contributed by atoms with E-state index < -0.39 is 0 Å². The Morgan fingerprint density at radius 2 is 1.83 bits per heavy atom. The first-order valence-corrected chi connectivity index (χ1v) is 11.1. The minimum absolute atomic E-state index is 0.0358. The fourth-order valence-electron chi connectivity index (χ4n) is 3.46. The maximum atomic E-state index is 12.5. The summed E-state index contributed by atoms with van der Waals surface area (Å²) in [6.07, 6.45) is 1.76. The highest BCUT2D eigenvalue weighted by Crippen LogP contribution is 2.40. The van der Waals surface area contributed by atoms with Crippen molar-refractivity contribution in [2.24, 2.45) is 0 Å². The molecule has 1 unspecified atom stereocenters. The molecule has 1 atom stereocenters. The lowest BCUT2D eigenvalue weighted by Gasteiger charge is -2.24. The molecule has 0 radical (unpaired) electrons. The van der Waals surface area contributed by atoms with Gasteiger partial charge in [0.1, 0.15) is 16.9 Å². The van der Waals surface area contributed by atoms with Crippen molar-refractivity contribution in [2.75, 3.05) is 5.75 Å². The van der Waals surface area contributed by atoms with Crippen LogP contribution in [0.3, 0.4) is 0 Å². The van der Waals surface area contributed by atoms with Crippen LogP contribution in [0.15, 0.2) is 72.9 Å². The molecule has 4 nitrogen and oxygen atoms in total. The van der Waals surface area contributed by atoms with Crippen molar-refractivity contribution < 1.29 is 9.53 Å². The summed E-state index contributed by atoms with van der Waals surface area (Å²) in [7, 11) is 0. The fraction of sp³-hybridized carbons (Fsp3) is 0.280. The number of hydrogen-bond acceptors (Lipinski definition) is 4. The lowest BCUT2D eigenvalue weighted by molar-refractivity contribution is -0.128. The molecule has 30 heavy (non-hydrogen) atoms. The average Bonchev–Trinajstić information content (AvgIpc) is 3.09. The average molecular weight is 419 g/mol. The third-order valence-electron chi connectivity index (χ3n) is 5.13. The van der Waals surface area contributed by atoms with Crippen LogP contribution in [0.25, 0.3) is 0 Å². The third-order valence-corrected chi connectivity index (χ3v) is 6.38. The van der Waals surface area contributed by atoms with E-state index in [-0.39, 0.29) is 16.7 Å². The number of pyridine rings is 1. The Balaban J connectivity index is 1.51. The van der Waals surface area contributed by atoms with Crippen molar-refractivity contribution in [3.05, 3.63) is 89.7 Å². The van der Waals surface area contributed by atoms with Gasteiger partial charge in [-0.3, -0.25) is 9.78 Å². The Morgan fingerprint density at radius 3 is 2.53 bits per heavy atom. The summed E-state index contributed by atoms with van der Waals surface area (Å²) in [4.78, 5) is 18.8. The smallest absolute Gasteiger partial charge is 0.234 e. The zero-order valence-electron chi connectivity index (χ0n) is 17.5. The van der Waals surface area contributed by atoms with Crippen molar-refractivity contribution in [3.63, 3.8) is 0 Å². The van der Waals surface area contributed by atoms with Crippen molar-refractivity contribution in [2.45, 2.75) is 38.1 Å². The zero-order chi connectivity index (χ0) is 21.1. The van der Waals surface area contributed by atoms with E-state index in [2.05, 4.69) is 44.0 Å². The van der Waals surface area contributed by atoms with Gasteiger partial charge in [0, 0.05) is 6.20 Å². The van der Waals surface area contributed by atoms with Crippen molar-refractivity contribution >= 4 is 17.7 Å². The van der Waals surface area contributed by atoms with Gasteiger partial charge in [-0.05, 0) is 52.9 Å². The third kappa shape index (κ3) is 4.68. The standard InChI is InChI=1S/C25H26N2O2S/c1-25(2,3)19-10-12-21(13-11-19)29-22-9-6-7-18(15-22)24-27(23(28)17-30-24)16-20-8-4-5-14-26-20/h4-15,24H,16-17H2,1-3H3. The summed E-state index contributed by atoms with van der Waals surface area (Å²) < 4.78 is 6.10. The maximum absolute atomic E-state index is 12.5. The number of nitrogens with zero attached hydrogens (tertiary/aromatic N) is 2. The number of carbonyl (C=O) groups is 1. The molecular formula is C25H26N2O2S. The van der Waals surface area contributed by atoms with Crippen LogP contribution in [0, 0.1) is 0 Å². The number of hydrogen-bond donors (Lipinski definition) is 0. The van der Waals surface area contributed by atoms with E-state index in [1.165, 1.54) is 5.56 Å². The van der Waals surface area contributed by atoms with Gasteiger partial charge in [-0.1, -0.05) is 51.1 Å². The molecule has 5 heteroatoms. The Bertz CT molecular complexity index is 1010. The minimum atomic E-state index is -0.0358. The molecule has 0 N–H and O–H groups in total. The molecule has 154 valence electrons. The molecule has 0 bridgehead atoms. The second kappa shape index (κ2) is 8.52. The monoisotopic (exact) mass is 418 g/mol. The Kier molecular flexibility index (Phi) is 5.82. The molecule has 2 heterocycles. The van der Waals surface area contributed by atoms with Crippen molar-refractivity contribution in [3.8, 4) is 11.5 Å². The van der Waals surface area contributed by atoms with Crippen LogP contribution in [0.5, 0.6) is 11.5 Å². The second-order valence-corrected chi connectivity index (χ2v) is 9.52. The molecule has 0 aliphatic carbocycles. The Morgan fingerprint density at radius 1 is 1.03 bits per heavy atom. The number of rotatable bonds is 5. The molecule has 0 spiro atoms. The van der Waals surface area contributed by atoms with Crippen LogP contribution in [0.4, 0.5) is 0 Å². The van der Waals surface area contributed by atoms with Crippen molar-refractivity contribution in [1.29, 1.82) is 0 Å². The highest BCUT2D eigenvalue weighted by atomic mass is 32.2. The van der Waals surface area contributed by atoms with Gasteiger partial charge in [-0.2, -0.15) is 0 Å². The molecule has 2 aromatic carbocycles. The minimum Gasteiger partial charge on any atom is -0.457 e. The van der Waals surface area contributed by atoms with Gasteiger partial charge in [-0.25, -0.2) is 0 Å². The quantitative estimate of drug-likeness (QED) is 0.514. The number of carbonyl (C=O) groups excluding carboxylic acids is 1. The van der Waals surface area contributed by atoms with E-state index >= 15 is 0 Å². The largest absolute Gasteiger partial charge is 0.457 e. The first-order chi connectivity index (χ1) is 14.4. The van der Waals surface area contributed by atoms with E-state index in [9.17, 15) is 4.79 Å². The highest BCUT2D eigenvalue weighted by Gasteiger charge is 2.33. The number of aromatic nitrogens is 1. The van der Waals surface area contributed by atoms with Gasteiger partial charge >= 0.3 is 0 Å². The number of amides is 1. The van der Waals surface area contributed by atoms with Crippen LogP contribution in [-0.4, -0.2) is 21.5 Å². The summed E-state index contributed by atoms with van der Waals surface area (Å²) in [6.45, 7) is 7.10. The molecule has 4 rings (SSSR count). The van der Waals surface area contributed by atoms with Crippen LogP contribution in [0.2, 0.25) is 0 Å². The zero-order valence-corrected chi connectivity index (χ0v) is 18.4. The number of benzene rings is 2. The van der Waals surface area contributed by atoms with Gasteiger partial charge in [0.25, 0.3) is 0 Å². The summed E-state index contributed by atoms with van der Waals surface area (Å²) in [6, 6.07) is 22.0. The summed E-state index contributed by atoms with van der Waals surface area (Å²) >= 11 is 1.64. The van der Waals surface area contributed by atoms with E-state index in [0.29, 0.717) is 12.3 Å². The van der Waals surface area contributed by atoms with Crippen LogP contribution < -0.4 is 4.74 Å². The topological polar surface area (TPSA) is 42.4 Å². The van der Waals surface area contributed by atoms with Gasteiger partial charge in [-0.15, -0.1) is 11.8 Å². The maximum Gasteiger partial charge on any atom is 0.234 e. The fourth-order valence-corrected chi connectivity index (χ4v) is 4.64. The number of ether oxygens (including phenoxy) is 1. The summed E-state index contributed by atoms with van der Waals surface area (Å²) in [5, 5.41) is -0.0358. The Hall–Kier alpha value is -2.79. The normalized spacial score (nSPS) is 16.7. The van der Waals surface area contributed by atoms with Gasteiger partial charge in [0.15, 0.2) is 0 Å². The molecule has 0 saturated carbocycles. The lowest BCUT2D eigenvalue weighted by Crippen LogP contribution is -2.28. The van der Waals surface area contributed by atoms with Crippen molar-refractivity contribution in [1.82, 2.24) is 9.88 Å². The molecule has 1 saturated heterocycles. The predicted molar refractivity (Wildman–Crippen MR) is 122 cm³/mol. The first kappa shape index (κ1) is 20.5. The van der Waals surface area contributed by atoms with E-state index in [0.717, 1.165) is 22.8 Å². The molecular weight excluding hydrogens is 392 g/mol. The van der Waals surface area contributed by atoms with Crippen LogP contribution in [0.1, 0.15) is 43.0 Å². The molecule has 3 aromatic rings. The predicted octanol–water partition coefficient (Wildman–Crippen LogP) is 5.95. The molecule has 1 amide bonds.